The molecule has 0 nitrogen and oxygen atoms in total. The third-order valence-corrected chi connectivity index (χ3v) is 6.06. The van der Waals surface area contributed by atoms with Crippen molar-refractivity contribution in [1.29, 1.82) is 0 Å². The van der Waals surface area contributed by atoms with Crippen molar-refractivity contribution >= 4 is 0 Å². The van der Waals surface area contributed by atoms with E-state index in [0.717, 1.165) is 6.42 Å². The van der Waals surface area contributed by atoms with Crippen LogP contribution >= 0.6 is 0 Å². The minimum Gasteiger partial charge on any atom is -0.0622 e. The van der Waals surface area contributed by atoms with Crippen molar-refractivity contribution in [2.24, 2.45) is 0 Å². The summed E-state index contributed by atoms with van der Waals surface area (Å²) < 4.78 is 0. The van der Waals surface area contributed by atoms with Gasteiger partial charge in [0.05, 0.1) is 0 Å². The third-order valence-electron chi connectivity index (χ3n) is 6.06. The van der Waals surface area contributed by atoms with Crippen molar-refractivity contribution in [3.63, 3.8) is 0 Å². The van der Waals surface area contributed by atoms with Gasteiger partial charge in [0.25, 0.3) is 0 Å². The zero-order valence-corrected chi connectivity index (χ0v) is 18.9. The summed E-state index contributed by atoms with van der Waals surface area (Å²) in [5.41, 5.74) is 1.50. The highest BCUT2D eigenvalue weighted by Gasteiger charge is 1.96. The Kier molecular flexibility index (Phi) is 18.9. The molecule has 28 heavy (non-hydrogen) atoms. The molecule has 1 rings (SSSR count). The molecule has 0 N–H and O–H groups in total. The van der Waals surface area contributed by atoms with E-state index in [2.05, 4.69) is 37.3 Å². The first-order valence-electron chi connectivity index (χ1n) is 12.8. The van der Waals surface area contributed by atoms with Crippen LogP contribution in [0.5, 0.6) is 0 Å². The van der Waals surface area contributed by atoms with Gasteiger partial charge in [-0.3, -0.25) is 0 Å². The quantitative estimate of drug-likeness (QED) is 0.185. The summed E-state index contributed by atoms with van der Waals surface area (Å²) in [6.45, 7) is 3.91. The molecule has 0 aliphatic rings. The van der Waals surface area contributed by atoms with Gasteiger partial charge >= 0.3 is 0 Å². The smallest absolute Gasteiger partial charge is 0.0279 e. The fraction of sp³-hybridized carbons (Fsp3) is 0.750. The van der Waals surface area contributed by atoms with E-state index in [4.69, 9.17) is 0 Å². The predicted octanol–water partition coefficient (Wildman–Crippen LogP) is 9.87. The molecule has 0 spiro atoms. The predicted molar refractivity (Wildman–Crippen MR) is 128 cm³/mol. The van der Waals surface area contributed by atoms with Crippen molar-refractivity contribution < 1.29 is 0 Å². The minimum atomic E-state index is 1.12. The van der Waals surface area contributed by atoms with E-state index in [9.17, 15) is 0 Å². The van der Waals surface area contributed by atoms with Crippen LogP contribution in [-0.2, 0) is 6.42 Å². The molecule has 0 aliphatic heterocycles. The van der Waals surface area contributed by atoms with E-state index in [0.29, 0.717) is 0 Å². The van der Waals surface area contributed by atoms with Crippen molar-refractivity contribution in [1.82, 2.24) is 0 Å². The maximum absolute atomic E-state index is 3.91. The van der Waals surface area contributed by atoms with E-state index >= 15 is 0 Å². The van der Waals surface area contributed by atoms with Crippen LogP contribution in [0.1, 0.15) is 134 Å². The highest BCUT2D eigenvalue weighted by Crippen LogP contribution is 2.15. The van der Waals surface area contributed by atoms with Crippen LogP contribution in [0.3, 0.4) is 0 Å². The van der Waals surface area contributed by atoms with E-state index in [1.807, 2.05) is 0 Å². The molecular weight excluding hydrogens is 336 g/mol. The molecule has 0 heterocycles. The monoisotopic (exact) mass is 385 g/mol. The molecule has 0 amide bonds. The maximum Gasteiger partial charge on any atom is -0.0279 e. The lowest BCUT2D eigenvalue weighted by Crippen LogP contribution is -1.86. The highest BCUT2D eigenvalue weighted by molar-refractivity contribution is 5.14. The SMILES string of the molecule is [CH2]CCCCCCCCCCCCCCCCCCCCCc1ccccc1. The lowest BCUT2D eigenvalue weighted by molar-refractivity contribution is 0.522. The average molecular weight is 386 g/mol. The summed E-state index contributed by atoms with van der Waals surface area (Å²) in [5.74, 6) is 0. The van der Waals surface area contributed by atoms with Gasteiger partial charge in [0.1, 0.15) is 0 Å². The van der Waals surface area contributed by atoms with Crippen LogP contribution < -0.4 is 0 Å². The molecule has 0 fully saturated rings. The normalized spacial score (nSPS) is 11.2. The Bertz CT molecular complexity index is 394. The second kappa shape index (κ2) is 20.9. The van der Waals surface area contributed by atoms with Crippen molar-refractivity contribution in [2.75, 3.05) is 0 Å². The number of unbranched alkanes of at least 4 members (excludes halogenated alkanes) is 19. The van der Waals surface area contributed by atoms with Crippen LogP contribution in [0.2, 0.25) is 0 Å². The fourth-order valence-electron chi connectivity index (χ4n) is 4.16. The van der Waals surface area contributed by atoms with Gasteiger partial charge in [0.15, 0.2) is 0 Å². The first-order chi connectivity index (χ1) is 13.9. The van der Waals surface area contributed by atoms with E-state index < -0.39 is 0 Å². The molecule has 0 aromatic heterocycles. The molecule has 0 saturated heterocycles. The minimum absolute atomic E-state index is 1.12. The lowest BCUT2D eigenvalue weighted by Gasteiger charge is -2.04. The molecule has 0 unspecified atom stereocenters. The number of hydrogen-bond acceptors (Lipinski definition) is 0. The standard InChI is InChI=1S/C28H49/c1-2-3-4-5-6-7-8-9-10-11-12-13-14-15-16-17-18-19-20-22-25-28-26-23-21-24-27-28/h21,23-24,26-27H,1-20,22,25H2. The molecule has 0 heteroatoms. The summed E-state index contributed by atoms with van der Waals surface area (Å²) in [4.78, 5) is 0. The Morgan fingerprint density at radius 1 is 0.393 bits per heavy atom. The molecule has 1 radical (unpaired) electrons. The summed E-state index contributed by atoms with van der Waals surface area (Å²) in [6, 6.07) is 10.9. The molecule has 0 bridgehead atoms. The zero-order valence-electron chi connectivity index (χ0n) is 18.9. The molecular formula is C28H49. The highest BCUT2D eigenvalue weighted by atomic mass is 14.0. The molecule has 1 aromatic carbocycles. The number of rotatable bonds is 21. The zero-order chi connectivity index (χ0) is 20.0. The van der Waals surface area contributed by atoms with Crippen LogP contribution in [0, 0.1) is 6.92 Å². The Balaban J connectivity index is 1.67. The van der Waals surface area contributed by atoms with Gasteiger partial charge in [0.2, 0.25) is 0 Å². The molecule has 0 aliphatic carbocycles. The fourth-order valence-corrected chi connectivity index (χ4v) is 4.16. The maximum atomic E-state index is 3.91. The van der Waals surface area contributed by atoms with E-state index in [-0.39, 0.29) is 0 Å². The second-order valence-corrected chi connectivity index (χ2v) is 8.81. The van der Waals surface area contributed by atoms with Gasteiger partial charge in [-0.15, -0.1) is 0 Å². The summed E-state index contributed by atoms with van der Waals surface area (Å²) >= 11 is 0. The Labute approximate surface area is 177 Å². The topological polar surface area (TPSA) is 0 Å². The van der Waals surface area contributed by atoms with Gasteiger partial charge < -0.3 is 0 Å². The van der Waals surface area contributed by atoms with E-state index in [1.54, 1.807) is 0 Å². The number of hydrogen-bond donors (Lipinski definition) is 0. The van der Waals surface area contributed by atoms with Crippen molar-refractivity contribution in [2.45, 2.75) is 135 Å². The van der Waals surface area contributed by atoms with Crippen molar-refractivity contribution in [3.05, 3.63) is 42.8 Å². The molecule has 0 saturated carbocycles. The number of benzene rings is 1. The Morgan fingerprint density at radius 3 is 1.07 bits per heavy atom. The summed E-state index contributed by atoms with van der Waals surface area (Å²) in [5, 5.41) is 0. The van der Waals surface area contributed by atoms with Gasteiger partial charge in [-0.2, -0.15) is 0 Å². The molecule has 1 aromatic rings. The van der Waals surface area contributed by atoms with Gasteiger partial charge in [-0.1, -0.05) is 159 Å². The molecule has 161 valence electrons. The second-order valence-electron chi connectivity index (χ2n) is 8.81. The Hall–Kier alpha value is -0.780. The van der Waals surface area contributed by atoms with Crippen LogP contribution in [0.4, 0.5) is 0 Å². The third kappa shape index (κ3) is 17.3. The van der Waals surface area contributed by atoms with Crippen molar-refractivity contribution in [3.8, 4) is 0 Å². The van der Waals surface area contributed by atoms with Gasteiger partial charge in [-0.25, -0.2) is 0 Å². The van der Waals surface area contributed by atoms with Crippen LogP contribution in [0.25, 0.3) is 0 Å². The van der Waals surface area contributed by atoms with Crippen LogP contribution in [0.15, 0.2) is 30.3 Å². The van der Waals surface area contributed by atoms with Gasteiger partial charge in [-0.05, 0) is 18.4 Å². The van der Waals surface area contributed by atoms with Gasteiger partial charge in [0, 0.05) is 0 Å². The summed E-state index contributed by atoms with van der Waals surface area (Å²) in [7, 11) is 0. The largest absolute Gasteiger partial charge is 0.0622 e. The summed E-state index contributed by atoms with van der Waals surface area (Å²) in [6.07, 6.45) is 29.8. The van der Waals surface area contributed by atoms with E-state index in [1.165, 1.54) is 134 Å². The first-order valence-corrected chi connectivity index (χ1v) is 12.8. The van der Waals surface area contributed by atoms with Crippen LogP contribution in [-0.4, -0.2) is 0 Å². The average Bonchev–Trinajstić information content (AvgIpc) is 2.73. The Morgan fingerprint density at radius 2 is 0.714 bits per heavy atom. The lowest BCUT2D eigenvalue weighted by atomic mass is 10.0. The first kappa shape index (κ1) is 25.3. The number of aryl methyl sites for hydroxylation is 1. The molecule has 0 atom stereocenters.